The zero-order valence-electron chi connectivity index (χ0n) is 12.3. The summed E-state index contributed by atoms with van der Waals surface area (Å²) in [5.74, 6) is 0.984. The third kappa shape index (κ3) is 2.82. The van der Waals surface area contributed by atoms with Crippen LogP contribution in [0.4, 0.5) is 5.82 Å². The minimum atomic E-state index is 0.497. The van der Waals surface area contributed by atoms with E-state index in [9.17, 15) is 0 Å². The van der Waals surface area contributed by atoms with Gasteiger partial charge in [0.2, 0.25) is 0 Å². The van der Waals surface area contributed by atoms with Crippen LogP contribution < -0.4 is 10.2 Å². The topological polar surface area (TPSA) is 42.2 Å². The molecule has 0 amide bonds. The Morgan fingerprint density at radius 3 is 3.00 bits per heavy atom. The lowest BCUT2D eigenvalue weighted by Crippen LogP contribution is -3.09. The van der Waals surface area contributed by atoms with E-state index in [0.29, 0.717) is 6.04 Å². The predicted octanol–water partition coefficient (Wildman–Crippen LogP) is 1.96. The second-order valence-corrected chi connectivity index (χ2v) is 6.75. The lowest BCUT2D eigenvalue weighted by atomic mass is 10.2. The lowest BCUT2D eigenvalue weighted by Gasteiger charge is -2.15. The average Bonchev–Trinajstić information content (AvgIpc) is 3.18. The summed E-state index contributed by atoms with van der Waals surface area (Å²) in [6.45, 7) is 3.46. The van der Waals surface area contributed by atoms with Crippen LogP contribution in [0.5, 0.6) is 0 Å². The maximum atomic E-state index is 4.43. The monoisotopic (exact) mass is 311 g/mol. The van der Waals surface area contributed by atoms with Crippen molar-refractivity contribution in [2.45, 2.75) is 19.0 Å². The van der Waals surface area contributed by atoms with Gasteiger partial charge >= 0.3 is 0 Å². The number of fused-ring (bicyclic) bond motifs is 1. The molecule has 3 aromatic rings. The molecule has 0 spiro atoms. The molecular weight excluding hydrogens is 292 g/mol. The first kappa shape index (κ1) is 13.7. The number of hydrogen-bond donors (Lipinski definition) is 2. The molecule has 0 saturated carbocycles. The van der Waals surface area contributed by atoms with E-state index in [0.717, 1.165) is 29.1 Å². The van der Waals surface area contributed by atoms with E-state index in [4.69, 9.17) is 0 Å². The van der Waals surface area contributed by atoms with Crippen LogP contribution in [-0.4, -0.2) is 29.1 Å². The smallest absolute Gasteiger partial charge is 0.138 e. The first-order valence-electron chi connectivity index (χ1n) is 7.71. The molecule has 4 nitrogen and oxygen atoms in total. The van der Waals surface area contributed by atoms with E-state index in [-0.39, 0.29) is 0 Å². The van der Waals surface area contributed by atoms with Crippen LogP contribution in [0.15, 0.2) is 48.1 Å². The van der Waals surface area contributed by atoms with Gasteiger partial charge in [-0.15, -0.1) is 11.3 Å². The maximum Gasteiger partial charge on any atom is 0.138 e. The van der Waals surface area contributed by atoms with E-state index in [1.54, 1.807) is 22.6 Å². The molecule has 0 radical (unpaired) electrons. The maximum absolute atomic E-state index is 4.43. The summed E-state index contributed by atoms with van der Waals surface area (Å²) in [5, 5.41) is 6.84. The van der Waals surface area contributed by atoms with E-state index in [1.807, 2.05) is 0 Å². The standard InChI is InChI=1S/C17H18N4S/c1-2-4-13(5-3-1)10-21-8-6-14(11-21)20-16-15-7-9-22-17(15)19-12-18-16/h1-5,7,9,12,14H,6,8,10-11H2,(H,18,19,20)/p+1/t14-/m0/s1. The second kappa shape index (κ2) is 6.02. The van der Waals surface area contributed by atoms with Crippen LogP contribution in [-0.2, 0) is 6.54 Å². The van der Waals surface area contributed by atoms with E-state index in [2.05, 4.69) is 57.1 Å². The van der Waals surface area contributed by atoms with Gasteiger partial charge in [-0.05, 0) is 11.4 Å². The molecular formula is C17H19N4S+. The number of nitrogens with zero attached hydrogens (tertiary/aromatic N) is 2. The van der Waals surface area contributed by atoms with Gasteiger partial charge in [0, 0.05) is 12.0 Å². The highest BCUT2D eigenvalue weighted by molar-refractivity contribution is 7.16. The summed E-state index contributed by atoms with van der Waals surface area (Å²) in [7, 11) is 0. The second-order valence-electron chi connectivity index (χ2n) is 5.86. The Kier molecular flexibility index (Phi) is 3.74. The van der Waals surface area contributed by atoms with Crippen molar-refractivity contribution >= 4 is 27.4 Å². The molecule has 4 rings (SSSR count). The summed E-state index contributed by atoms with van der Waals surface area (Å²) < 4.78 is 0. The summed E-state index contributed by atoms with van der Waals surface area (Å²) in [5.41, 5.74) is 1.42. The third-order valence-corrected chi connectivity index (χ3v) is 5.10. The number of thiophene rings is 1. The van der Waals surface area contributed by atoms with Gasteiger partial charge in [-0.1, -0.05) is 30.3 Å². The van der Waals surface area contributed by atoms with Crippen molar-refractivity contribution in [1.82, 2.24) is 9.97 Å². The van der Waals surface area contributed by atoms with Gasteiger partial charge in [0.25, 0.3) is 0 Å². The van der Waals surface area contributed by atoms with Crippen LogP contribution in [0.3, 0.4) is 0 Å². The van der Waals surface area contributed by atoms with Gasteiger partial charge in [-0.2, -0.15) is 0 Å². The number of nitrogens with one attached hydrogen (secondary N) is 2. The Balaban J connectivity index is 1.42. The first-order valence-corrected chi connectivity index (χ1v) is 8.59. The Labute approximate surface area is 133 Å². The normalized spacial score (nSPS) is 21.3. The molecule has 1 fully saturated rings. The van der Waals surface area contributed by atoms with Gasteiger partial charge in [0.05, 0.1) is 24.5 Å². The van der Waals surface area contributed by atoms with Gasteiger partial charge in [-0.25, -0.2) is 9.97 Å². The quantitative estimate of drug-likeness (QED) is 0.774. The molecule has 1 saturated heterocycles. The molecule has 112 valence electrons. The SMILES string of the molecule is c1ccc(C[NH+]2CC[C@H](Nc3ncnc4sccc34)C2)cc1. The fourth-order valence-electron chi connectivity index (χ4n) is 3.20. The van der Waals surface area contributed by atoms with E-state index < -0.39 is 0 Å². The summed E-state index contributed by atoms with van der Waals surface area (Å²) in [6, 6.07) is 13.3. The fraction of sp³-hybridized carbons (Fsp3) is 0.294. The third-order valence-electron chi connectivity index (χ3n) is 4.28. The highest BCUT2D eigenvalue weighted by Gasteiger charge is 2.26. The van der Waals surface area contributed by atoms with Gasteiger partial charge < -0.3 is 10.2 Å². The largest absolute Gasteiger partial charge is 0.361 e. The Bertz CT molecular complexity index is 755. The van der Waals surface area contributed by atoms with Crippen molar-refractivity contribution in [3.05, 3.63) is 53.7 Å². The van der Waals surface area contributed by atoms with E-state index >= 15 is 0 Å². The number of aromatic nitrogens is 2. The number of quaternary nitrogens is 1. The van der Waals surface area contributed by atoms with Crippen LogP contribution in [0, 0.1) is 0 Å². The minimum Gasteiger partial charge on any atom is -0.361 e. The molecule has 2 atom stereocenters. The Hall–Kier alpha value is -1.98. The number of anilines is 1. The number of benzene rings is 1. The van der Waals surface area contributed by atoms with Crippen LogP contribution in [0.25, 0.3) is 10.2 Å². The fourth-order valence-corrected chi connectivity index (χ4v) is 3.93. The molecule has 1 aliphatic heterocycles. The van der Waals surface area contributed by atoms with Crippen LogP contribution >= 0.6 is 11.3 Å². The molecule has 0 bridgehead atoms. The van der Waals surface area contributed by atoms with Crippen molar-refractivity contribution in [3.63, 3.8) is 0 Å². The van der Waals surface area contributed by atoms with Crippen molar-refractivity contribution in [1.29, 1.82) is 0 Å². The molecule has 2 aromatic heterocycles. The van der Waals surface area contributed by atoms with Gasteiger partial charge in [0.1, 0.15) is 23.5 Å². The average molecular weight is 311 g/mol. The van der Waals surface area contributed by atoms with Crippen molar-refractivity contribution < 1.29 is 4.90 Å². The van der Waals surface area contributed by atoms with Gasteiger partial charge in [-0.3, -0.25) is 0 Å². The van der Waals surface area contributed by atoms with E-state index in [1.165, 1.54) is 18.5 Å². The number of rotatable bonds is 4. The van der Waals surface area contributed by atoms with Crippen molar-refractivity contribution in [2.24, 2.45) is 0 Å². The lowest BCUT2D eigenvalue weighted by molar-refractivity contribution is -0.901. The van der Waals surface area contributed by atoms with Gasteiger partial charge in [0.15, 0.2) is 0 Å². The minimum absolute atomic E-state index is 0.497. The molecule has 0 aliphatic carbocycles. The number of hydrogen-bond acceptors (Lipinski definition) is 4. The van der Waals surface area contributed by atoms with Crippen molar-refractivity contribution in [2.75, 3.05) is 18.4 Å². The highest BCUT2D eigenvalue weighted by atomic mass is 32.1. The summed E-state index contributed by atoms with van der Waals surface area (Å²) >= 11 is 1.67. The zero-order chi connectivity index (χ0) is 14.8. The molecule has 1 aliphatic rings. The summed E-state index contributed by atoms with van der Waals surface area (Å²) in [6.07, 6.45) is 2.85. The molecule has 1 unspecified atom stereocenters. The Morgan fingerprint density at radius 2 is 2.09 bits per heavy atom. The predicted molar refractivity (Wildman–Crippen MR) is 90.3 cm³/mol. The van der Waals surface area contributed by atoms with Crippen LogP contribution in [0.2, 0.25) is 0 Å². The molecule has 2 N–H and O–H groups in total. The molecule has 22 heavy (non-hydrogen) atoms. The number of likely N-dealkylation sites (tertiary alicyclic amines) is 1. The summed E-state index contributed by atoms with van der Waals surface area (Å²) in [4.78, 5) is 11.4. The highest BCUT2D eigenvalue weighted by Crippen LogP contribution is 2.24. The molecule has 5 heteroatoms. The molecule has 3 heterocycles. The Morgan fingerprint density at radius 1 is 1.18 bits per heavy atom. The molecule has 1 aromatic carbocycles. The van der Waals surface area contributed by atoms with Crippen molar-refractivity contribution in [3.8, 4) is 0 Å². The first-order chi connectivity index (χ1) is 10.9. The van der Waals surface area contributed by atoms with Crippen LogP contribution in [0.1, 0.15) is 12.0 Å². The zero-order valence-corrected chi connectivity index (χ0v) is 13.1.